The lowest BCUT2D eigenvalue weighted by molar-refractivity contribution is -0.154. The van der Waals surface area contributed by atoms with Gasteiger partial charge in [0.05, 0.1) is 19.1 Å². The number of carbonyl (C=O) groups excluding carboxylic acids is 3. The predicted octanol–water partition coefficient (Wildman–Crippen LogP) is 3.75. The van der Waals surface area contributed by atoms with Crippen LogP contribution >= 0.6 is 11.3 Å². The van der Waals surface area contributed by atoms with Crippen LogP contribution in [0.5, 0.6) is 0 Å². The first kappa shape index (κ1) is 29.9. The summed E-state index contributed by atoms with van der Waals surface area (Å²) >= 11 is 1.30. The van der Waals surface area contributed by atoms with Gasteiger partial charge in [-0.15, -0.1) is 11.3 Å². The Bertz CT molecular complexity index is 1340. The second-order valence-corrected chi connectivity index (χ2v) is 11.8. The number of ether oxygens (including phenoxy) is 1. The van der Waals surface area contributed by atoms with Crippen molar-refractivity contribution in [1.82, 2.24) is 20.5 Å². The van der Waals surface area contributed by atoms with E-state index in [0.717, 1.165) is 11.1 Å². The molecule has 2 heterocycles. The van der Waals surface area contributed by atoms with Gasteiger partial charge in [-0.2, -0.15) is 5.26 Å². The molecule has 3 aromatic rings. The quantitative estimate of drug-likeness (QED) is 0.354. The van der Waals surface area contributed by atoms with Gasteiger partial charge in [0, 0.05) is 17.8 Å². The monoisotopic (exact) mass is 573 g/mol. The number of thiazole rings is 1. The molecule has 41 heavy (non-hydrogen) atoms. The highest BCUT2D eigenvalue weighted by Gasteiger charge is 2.41. The Labute approximate surface area is 244 Å². The Kier molecular flexibility index (Phi) is 9.86. The van der Waals surface area contributed by atoms with Crippen LogP contribution < -0.4 is 10.6 Å². The molecule has 2 N–H and O–H groups in total. The predicted molar refractivity (Wildman–Crippen MR) is 156 cm³/mol. The van der Waals surface area contributed by atoms with Crippen LogP contribution in [0.2, 0.25) is 0 Å². The molecule has 0 saturated carbocycles. The fraction of sp³-hybridized carbons (Fsp3) is 0.387. The molecule has 9 nitrogen and oxygen atoms in total. The molecular formula is C31H35N5O4S. The molecule has 1 saturated heterocycles. The van der Waals surface area contributed by atoms with Crippen molar-refractivity contribution < 1.29 is 19.1 Å². The number of nitriles is 1. The van der Waals surface area contributed by atoms with E-state index in [4.69, 9.17) is 10.00 Å². The second kappa shape index (κ2) is 13.5. The minimum absolute atomic E-state index is 0.167. The highest BCUT2D eigenvalue weighted by Crippen LogP contribution is 2.31. The molecule has 1 aromatic heterocycles. The van der Waals surface area contributed by atoms with Crippen molar-refractivity contribution >= 4 is 29.1 Å². The molecule has 2 aromatic carbocycles. The number of nitrogens with one attached hydrogen (secondary N) is 2. The van der Waals surface area contributed by atoms with Crippen LogP contribution in [0.4, 0.5) is 0 Å². The zero-order valence-corrected chi connectivity index (χ0v) is 24.3. The average Bonchev–Trinajstić information content (AvgIpc) is 3.64. The maximum Gasteiger partial charge on any atom is 0.320 e. The van der Waals surface area contributed by atoms with E-state index in [1.807, 2.05) is 66.7 Å². The molecule has 4 rings (SSSR count). The highest BCUT2D eigenvalue weighted by atomic mass is 32.1. The van der Waals surface area contributed by atoms with Gasteiger partial charge in [0.25, 0.3) is 0 Å². The molecule has 0 spiro atoms. The van der Waals surface area contributed by atoms with Crippen molar-refractivity contribution in [3.63, 3.8) is 0 Å². The lowest BCUT2D eigenvalue weighted by atomic mass is 9.84. The molecule has 2 atom stereocenters. The SMILES string of the molecule is CC(C)(C)OC(=O)CN[C@@H](C(=O)N1CCC[C@H]1C(=O)NCc1nc(C#N)cs1)C(c1ccccc1)c1ccccc1. The number of carbonyl (C=O) groups is 3. The van der Waals surface area contributed by atoms with Crippen molar-refractivity contribution in [3.8, 4) is 6.07 Å². The summed E-state index contributed by atoms with van der Waals surface area (Å²) in [5.41, 5.74) is 1.46. The minimum Gasteiger partial charge on any atom is -0.459 e. The molecule has 1 fully saturated rings. The third-order valence-corrected chi connectivity index (χ3v) is 7.57. The molecule has 0 radical (unpaired) electrons. The fourth-order valence-electron chi connectivity index (χ4n) is 5.02. The third kappa shape index (κ3) is 7.99. The van der Waals surface area contributed by atoms with Crippen molar-refractivity contribution in [2.24, 2.45) is 0 Å². The summed E-state index contributed by atoms with van der Waals surface area (Å²) in [5, 5.41) is 17.4. The van der Waals surface area contributed by atoms with Gasteiger partial charge in [-0.1, -0.05) is 60.7 Å². The van der Waals surface area contributed by atoms with Crippen molar-refractivity contribution in [1.29, 1.82) is 5.26 Å². The van der Waals surface area contributed by atoms with Crippen LogP contribution in [0.1, 0.15) is 61.4 Å². The zero-order valence-electron chi connectivity index (χ0n) is 23.5. The first-order valence-corrected chi connectivity index (χ1v) is 14.5. The van der Waals surface area contributed by atoms with E-state index < -0.39 is 29.6 Å². The van der Waals surface area contributed by atoms with E-state index in [2.05, 4.69) is 15.6 Å². The minimum atomic E-state index is -0.835. The van der Waals surface area contributed by atoms with Crippen LogP contribution in [0.3, 0.4) is 0 Å². The number of aromatic nitrogens is 1. The van der Waals surface area contributed by atoms with E-state index in [9.17, 15) is 14.4 Å². The number of hydrogen-bond donors (Lipinski definition) is 2. The van der Waals surface area contributed by atoms with Gasteiger partial charge in [-0.3, -0.25) is 19.7 Å². The number of likely N-dealkylation sites (tertiary alicyclic amines) is 1. The molecule has 1 aliphatic heterocycles. The number of benzene rings is 2. The molecule has 214 valence electrons. The number of rotatable bonds is 10. The topological polar surface area (TPSA) is 124 Å². The summed E-state index contributed by atoms with van der Waals surface area (Å²) < 4.78 is 5.51. The lowest BCUT2D eigenvalue weighted by Crippen LogP contribution is -2.55. The Hall–Kier alpha value is -4.07. The second-order valence-electron chi connectivity index (χ2n) is 10.9. The van der Waals surface area contributed by atoms with Gasteiger partial charge in [0.1, 0.15) is 22.7 Å². The van der Waals surface area contributed by atoms with Gasteiger partial charge in [-0.25, -0.2) is 4.98 Å². The van der Waals surface area contributed by atoms with Crippen LogP contribution in [0, 0.1) is 11.3 Å². The van der Waals surface area contributed by atoms with Gasteiger partial charge < -0.3 is 15.0 Å². The summed E-state index contributed by atoms with van der Waals surface area (Å²) in [6.07, 6.45) is 1.21. The molecule has 2 amide bonds. The van der Waals surface area contributed by atoms with E-state index in [1.54, 1.807) is 31.1 Å². The highest BCUT2D eigenvalue weighted by molar-refractivity contribution is 7.09. The zero-order chi connectivity index (χ0) is 29.4. The van der Waals surface area contributed by atoms with Crippen LogP contribution in [-0.4, -0.2) is 58.4 Å². The van der Waals surface area contributed by atoms with E-state index in [-0.39, 0.29) is 24.9 Å². The molecule has 1 aliphatic rings. The van der Waals surface area contributed by atoms with Crippen molar-refractivity contribution in [3.05, 3.63) is 87.9 Å². The van der Waals surface area contributed by atoms with Gasteiger partial charge in [0.15, 0.2) is 5.69 Å². The Morgan fingerprint density at radius 2 is 1.73 bits per heavy atom. The average molecular weight is 574 g/mol. The summed E-state index contributed by atoms with van der Waals surface area (Å²) in [5.74, 6) is -1.42. The number of esters is 1. The van der Waals surface area contributed by atoms with E-state index in [1.165, 1.54) is 11.3 Å². The number of hydrogen-bond acceptors (Lipinski definition) is 8. The van der Waals surface area contributed by atoms with E-state index >= 15 is 0 Å². The molecular weight excluding hydrogens is 538 g/mol. The maximum atomic E-state index is 14.3. The standard InChI is InChI=1S/C31H35N5O4S/c1-31(2,3)40-26(37)19-33-28(27(21-11-6-4-7-12-21)22-13-8-5-9-14-22)30(39)36-16-10-15-24(36)29(38)34-18-25-35-23(17-32)20-41-25/h4-9,11-14,20,24,27-28,33H,10,15-16,18-19H2,1-3H3,(H,34,38)/t24-,28+/m0/s1. The van der Waals surface area contributed by atoms with Gasteiger partial charge >= 0.3 is 5.97 Å². The van der Waals surface area contributed by atoms with Gasteiger partial charge in [0.2, 0.25) is 11.8 Å². The summed E-state index contributed by atoms with van der Waals surface area (Å²) in [6.45, 7) is 5.83. The van der Waals surface area contributed by atoms with Crippen molar-refractivity contribution in [2.45, 2.75) is 63.8 Å². The normalized spacial score (nSPS) is 15.8. The summed E-state index contributed by atoms with van der Waals surface area (Å²) in [4.78, 5) is 46.1. The summed E-state index contributed by atoms with van der Waals surface area (Å²) in [7, 11) is 0. The van der Waals surface area contributed by atoms with Crippen LogP contribution in [-0.2, 0) is 25.7 Å². The first-order chi connectivity index (χ1) is 19.7. The largest absolute Gasteiger partial charge is 0.459 e. The Morgan fingerprint density at radius 3 is 2.29 bits per heavy atom. The maximum absolute atomic E-state index is 14.3. The molecule has 10 heteroatoms. The van der Waals surface area contributed by atoms with Gasteiger partial charge in [-0.05, 0) is 44.7 Å². The van der Waals surface area contributed by atoms with E-state index in [0.29, 0.717) is 30.1 Å². The smallest absolute Gasteiger partial charge is 0.320 e. The van der Waals surface area contributed by atoms with Crippen molar-refractivity contribution in [2.75, 3.05) is 13.1 Å². The first-order valence-electron chi connectivity index (χ1n) is 13.6. The number of amides is 2. The third-order valence-electron chi connectivity index (χ3n) is 6.72. The summed E-state index contributed by atoms with van der Waals surface area (Å²) in [6, 6.07) is 19.9. The lowest BCUT2D eigenvalue weighted by Gasteiger charge is -2.34. The Morgan fingerprint density at radius 1 is 1.10 bits per heavy atom. The Balaban J connectivity index is 1.60. The molecule has 0 bridgehead atoms. The number of nitrogens with zero attached hydrogens (tertiary/aromatic N) is 3. The molecule has 0 unspecified atom stereocenters. The fourth-order valence-corrected chi connectivity index (χ4v) is 5.68. The molecule has 0 aliphatic carbocycles. The van der Waals surface area contributed by atoms with Crippen LogP contribution in [0.25, 0.3) is 0 Å². The van der Waals surface area contributed by atoms with Crippen LogP contribution in [0.15, 0.2) is 66.0 Å².